The Morgan fingerprint density at radius 3 is 2.39 bits per heavy atom. The summed E-state index contributed by atoms with van der Waals surface area (Å²) >= 11 is 0. The standard InChI is InChI=1S/C19H24N4O9S/c1-5-30-15(24)10-14-16(23(26)27)17(22(20)19(21-14)33(4,28)29)32-13-8-11(3)7-12(9-13)18(25)31-6-2/h7-9,19H,5-6,10,20H2,1-4H3. The lowest BCUT2D eigenvalue weighted by molar-refractivity contribution is -0.419. The first-order chi connectivity index (χ1) is 15.4. The van der Waals surface area contributed by atoms with Gasteiger partial charge < -0.3 is 14.2 Å². The number of hydrazine groups is 1. The molecule has 0 amide bonds. The van der Waals surface area contributed by atoms with Crippen LogP contribution >= 0.6 is 0 Å². The third-order valence-corrected chi connectivity index (χ3v) is 5.27. The number of sulfone groups is 1. The molecule has 1 aliphatic rings. The Balaban J connectivity index is 2.63. The average molecular weight is 484 g/mol. The maximum Gasteiger partial charge on any atom is 0.352 e. The van der Waals surface area contributed by atoms with E-state index in [9.17, 15) is 28.1 Å². The van der Waals surface area contributed by atoms with Gasteiger partial charge in [-0.25, -0.2) is 29.1 Å². The maximum absolute atomic E-state index is 12.2. The largest absolute Gasteiger partial charge is 0.466 e. The van der Waals surface area contributed by atoms with Gasteiger partial charge in [-0.2, -0.15) is 0 Å². The molecule has 180 valence electrons. The fourth-order valence-electron chi connectivity index (χ4n) is 2.92. The SMILES string of the molecule is CCOC(=O)CC1=NC(S(C)(=O)=O)N(N)C(Oc2cc(C)cc(C(=O)OCC)c2)=C1[N+](=O)[O-]. The molecule has 0 aromatic heterocycles. The van der Waals surface area contributed by atoms with Crippen LogP contribution in [-0.4, -0.2) is 61.0 Å². The molecule has 13 nitrogen and oxygen atoms in total. The second-order valence-corrected chi connectivity index (χ2v) is 8.97. The Kier molecular flexibility index (Phi) is 8.11. The van der Waals surface area contributed by atoms with Crippen molar-refractivity contribution in [3.63, 3.8) is 0 Å². The number of carbonyl (C=O) groups is 2. The number of nitrogens with two attached hydrogens (primary N) is 1. The van der Waals surface area contributed by atoms with Crippen molar-refractivity contribution in [3.05, 3.63) is 51.0 Å². The van der Waals surface area contributed by atoms with Gasteiger partial charge in [-0.15, -0.1) is 0 Å². The van der Waals surface area contributed by atoms with Gasteiger partial charge in [0, 0.05) is 6.26 Å². The van der Waals surface area contributed by atoms with Gasteiger partial charge in [0.2, 0.25) is 5.50 Å². The fourth-order valence-corrected chi connectivity index (χ4v) is 3.75. The number of allylic oxidation sites excluding steroid dienone is 1. The minimum atomic E-state index is -4.02. The Bertz CT molecular complexity index is 1130. The topological polar surface area (TPSA) is 181 Å². The predicted octanol–water partition coefficient (Wildman–Crippen LogP) is 0.908. The predicted molar refractivity (Wildman–Crippen MR) is 115 cm³/mol. The van der Waals surface area contributed by atoms with Gasteiger partial charge in [0.25, 0.3) is 5.88 Å². The van der Waals surface area contributed by atoms with Crippen LogP contribution in [0.3, 0.4) is 0 Å². The summed E-state index contributed by atoms with van der Waals surface area (Å²) in [5.41, 5.74) is -2.43. The first-order valence-corrected chi connectivity index (χ1v) is 11.6. The highest BCUT2D eigenvalue weighted by Crippen LogP contribution is 2.28. The molecule has 0 radical (unpaired) electrons. The van der Waals surface area contributed by atoms with Gasteiger partial charge in [0.05, 0.1) is 30.1 Å². The number of nitro groups is 1. The second-order valence-electron chi connectivity index (χ2n) is 6.89. The number of nitrogens with zero attached hydrogens (tertiary/aromatic N) is 3. The highest BCUT2D eigenvalue weighted by atomic mass is 32.2. The Morgan fingerprint density at radius 2 is 1.85 bits per heavy atom. The summed E-state index contributed by atoms with van der Waals surface area (Å²) in [6.07, 6.45) is 0.141. The van der Waals surface area contributed by atoms with E-state index in [0.29, 0.717) is 10.6 Å². The van der Waals surface area contributed by atoms with E-state index >= 15 is 0 Å². The Hall–Kier alpha value is -3.52. The summed E-state index contributed by atoms with van der Waals surface area (Å²) in [4.78, 5) is 38.9. The van der Waals surface area contributed by atoms with E-state index in [0.717, 1.165) is 6.26 Å². The summed E-state index contributed by atoms with van der Waals surface area (Å²) in [5, 5.41) is 12.3. The van der Waals surface area contributed by atoms with Crippen molar-refractivity contribution in [2.45, 2.75) is 32.7 Å². The van der Waals surface area contributed by atoms with Crippen molar-refractivity contribution in [1.29, 1.82) is 0 Å². The molecule has 14 heteroatoms. The molecule has 1 aliphatic heterocycles. The van der Waals surface area contributed by atoms with Crippen LogP contribution < -0.4 is 10.6 Å². The van der Waals surface area contributed by atoms with Crippen LogP contribution in [0.1, 0.15) is 36.2 Å². The molecular weight excluding hydrogens is 460 g/mol. The molecule has 1 aromatic rings. The van der Waals surface area contributed by atoms with Crippen LogP contribution in [0.25, 0.3) is 0 Å². The molecule has 1 atom stereocenters. The second kappa shape index (κ2) is 10.4. The molecule has 0 spiro atoms. The lowest BCUT2D eigenvalue weighted by Gasteiger charge is -2.30. The lowest BCUT2D eigenvalue weighted by Crippen LogP contribution is -2.50. The molecule has 33 heavy (non-hydrogen) atoms. The van der Waals surface area contributed by atoms with E-state index in [2.05, 4.69) is 4.99 Å². The van der Waals surface area contributed by atoms with Gasteiger partial charge in [-0.3, -0.25) is 14.9 Å². The molecule has 1 heterocycles. The fraction of sp³-hybridized carbons (Fsp3) is 0.421. The third-order valence-electron chi connectivity index (χ3n) is 4.17. The minimum Gasteiger partial charge on any atom is -0.466 e. The maximum atomic E-state index is 12.2. The molecule has 0 saturated carbocycles. The Morgan fingerprint density at radius 1 is 1.21 bits per heavy atom. The molecule has 2 N–H and O–H groups in total. The zero-order chi connectivity index (χ0) is 24.9. The van der Waals surface area contributed by atoms with Crippen molar-refractivity contribution in [2.75, 3.05) is 19.5 Å². The highest BCUT2D eigenvalue weighted by Gasteiger charge is 2.43. The van der Waals surface area contributed by atoms with Crippen LogP contribution in [0.4, 0.5) is 0 Å². The monoisotopic (exact) mass is 484 g/mol. The zero-order valence-corrected chi connectivity index (χ0v) is 19.2. The van der Waals surface area contributed by atoms with Gasteiger partial charge >= 0.3 is 17.6 Å². The number of aryl methyl sites for hydroxylation is 1. The number of carbonyl (C=O) groups excluding carboxylic acids is 2. The number of benzene rings is 1. The molecule has 0 fully saturated rings. The number of ether oxygens (including phenoxy) is 3. The van der Waals surface area contributed by atoms with E-state index in [4.69, 9.17) is 20.1 Å². The van der Waals surface area contributed by atoms with Gasteiger partial charge in [-0.05, 0) is 44.5 Å². The number of esters is 2. The highest BCUT2D eigenvalue weighted by molar-refractivity contribution is 7.91. The first kappa shape index (κ1) is 25.7. The summed E-state index contributed by atoms with van der Waals surface area (Å²) in [6.45, 7) is 4.94. The number of rotatable bonds is 9. The average Bonchev–Trinajstić information content (AvgIpc) is 2.69. The molecule has 2 rings (SSSR count). The number of hydrogen-bond acceptors (Lipinski definition) is 12. The Labute approximate surface area is 189 Å². The van der Waals surface area contributed by atoms with Crippen molar-refractivity contribution >= 4 is 27.5 Å². The van der Waals surface area contributed by atoms with Crippen LogP contribution in [-0.2, 0) is 24.1 Å². The third kappa shape index (κ3) is 6.26. The van der Waals surface area contributed by atoms with Crippen LogP contribution in [0.2, 0.25) is 0 Å². The van der Waals surface area contributed by atoms with E-state index < -0.39 is 55.9 Å². The summed E-state index contributed by atoms with van der Waals surface area (Å²) < 4.78 is 39.9. The zero-order valence-electron chi connectivity index (χ0n) is 18.4. The quantitative estimate of drug-likeness (QED) is 0.228. The first-order valence-electron chi connectivity index (χ1n) is 9.69. The lowest BCUT2D eigenvalue weighted by atomic mass is 10.1. The van der Waals surface area contributed by atoms with Crippen molar-refractivity contribution < 1.29 is 37.1 Å². The summed E-state index contributed by atoms with van der Waals surface area (Å²) in [5.74, 6) is 3.64. The molecule has 0 saturated heterocycles. The van der Waals surface area contributed by atoms with E-state index in [1.54, 1.807) is 20.8 Å². The molecule has 1 aromatic carbocycles. The van der Waals surface area contributed by atoms with Gasteiger partial charge in [-0.1, -0.05) is 0 Å². The van der Waals surface area contributed by atoms with Gasteiger partial charge in [0.1, 0.15) is 11.5 Å². The summed E-state index contributed by atoms with van der Waals surface area (Å²) in [6, 6.07) is 4.23. The van der Waals surface area contributed by atoms with Gasteiger partial charge in [0.15, 0.2) is 9.84 Å². The normalized spacial score (nSPS) is 16.2. The van der Waals surface area contributed by atoms with Crippen LogP contribution in [0.5, 0.6) is 5.75 Å². The summed E-state index contributed by atoms with van der Waals surface area (Å²) in [7, 11) is -4.02. The number of aliphatic imine (C=N–C) groups is 1. The molecular formula is C19H24N4O9S. The van der Waals surface area contributed by atoms with E-state index in [1.807, 2.05) is 0 Å². The van der Waals surface area contributed by atoms with Crippen molar-refractivity contribution in [1.82, 2.24) is 5.01 Å². The van der Waals surface area contributed by atoms with E-state index in [1.165, 1.54) is 18.2 Å². The van der Waals surface area contributed by atoms with E-state index in [-0.39, 0.29) is 24.5 Å². The smallest absolute Gasteiger partial charge is 0.352 e. The molecule has 0 bridgehead atoms. The molecule has 1 unspecified atom stereocenters. The number of hydrogen-bond donors (Lipinski definition) is 1. The van der Waals surface area contributed by atoms with Crippen LogP contribution in [0.15, 0.2) is 34.8 Å². The van der Waals surface area contributed by atoms with Crippen LogP contribution in [0, 0.1) is 17.0 Å². The van der Waals surface area contributed by atoms with Crippen molar-refractivity contribution in [3.8, 4) is 5.75 Å². The van der Waals surface area contributed by atoms with Crippen molar-refractivity contribution in [2.24, 2.45) is 10.8 Å². The minimum absolute atomic E-state index is 0.00539. The molecule has 0 aliphatic carbocycles.